The van der Waals surface area contributed by atoms with Crippen LogP contribution >= 0.6 is 11.3 Å². The minimum Gasteiger partial charge on any atom is -0.451 e. The Morgan fingerprint density at radius 3 is 2.60 bits per heavy atom. The molecular weight excluding hydrogens is 278 g/mol. The zero-order valence-electron chi connectivity index (χ0n) is 11.9. The van der Waals surface area contributed by atoms with E-state index in [0.29, 0.717) is 18.0 Å². The Morgan fingerprint density at radius 2 is 2.05 bits per heavy atom. The molecule has 5 nitrogen and oxygen atoms in total. The van der Waals surface area contributed by atoms with Crippen LogP contribution in [0.25, 0.3) is 0 Å². The van der Waals surface area contributed by atoms with Crippen LogP contribution in [-0.2, 0) is 14.3 Å². The molecule has 1 aliphatic rings. The summed E-state index contributed by atoms with van der Waals surface area (Å²) in [6.45, 7) is 6.57. The molecule has 1 saturated heterocycles. The second-order valence-corrected chi connectivity index (χ2v) is 5.98. The smallest absolute Gasteiger partial charge is 0.349 e. The normalized spacial score (nSPS) is 22.6. The highest BCUT2D eigenvalue weighted by Crippen LogP contribution is 2.17. The van der Waals surface area contributed by atoms with E-state index in [1.165, 1.54) is 11.3 Å². The van der Waals surface area contributed by atoms with Gasteiger partial charge in [0.25, 0.3) is 5.91 Å². The number of thiophene rings is 1. The predicted octanol–water partition coefficient (Wildman–Crippen LogP) is 1.85. The number of hydrogen-bond donors (Lipinski definition) is 0. The number of esters is 1. The van der Waals surface area contributed by atoms with Crippen LogP contribution in [0.1, 0.15) is 29.1 Å². The van der Waals surface area contributed by atoms with Crippen molar-refractivity contribution >= 4 is 23.2 Å². The Hall–Kier alpha value is -1.40. The Morgan fingerprint density at radius 1 is 1.40 bits per heavy atom. The zero-order valence-corrected chi connectivity index (χ0v) is 12.7. The van der Waals surface area contributed by atoms with Gasteiger partial charge in [0, 0.05) is 13.1 Å². The van der Waals surface area contributed by atoms with Crippen molar-refractivity contribution in [2.75, 3.05) is 19.7 Å². The van der Waals surface area contributed by atoms with Crippen LogP contribution in [0.2, 0.25) is 0 Å². The Balaban J connectivity index is 1.86. The van der Waals surface area contributed by atoms with Crippen LogP contribution < -0.4 is 0 Å². The first-order valence-corrected chi connectivity index (χ1v) is 7.49. The molecule has 20 heavy (non-hydrogen) atoms. The lowest BCUT2D eigenvalue weighted by atomic mass is 10.2. The maximum Gasteiger partial charge on any atom is 0.349 e. The van der Waals surface area contributed by atoms with Gasteiger partial charge in [0.15, 0.2) is 6.61 Å². The second-order valence-electron chi connectivity index (χ2n) is 5.06. The minimum absolute atomic E-state index is 0.0120. The number of carbonyl (C=O) groups is 2. The van der Waals surface area contributed by atoms with E-state index in [1.54, 1.807) is 4.90 Å². The van der Waals surface area contributed by atoms with Crippen LogP contribution in [0.5, 0.6) is 0 Å². The average Bonchev–Trinajstić information content (AvgIpc) is 2.80. The molecule has 0 radical (unpaired) electrons. The number of carbonyl (C=O) groups excluding carboxylic acids is 2. The summed E-state index contributed by atoms with van der Waals surface area (Å²) in [6, 6.07) is 1.86. The van der Waals surface area contributed by atoms with Gasteiger partial charge in [-0.25, -0.2) is 4.79 Å². The molecule has 2 atom stereocenters. The van der Waals surface area contributed by atoms with Gasteiger partial charge >= 0.3 is 5.97 Å². The highest BCUT2D eigenvalue weighted by Gasteiger charge is 2.26. The molecule has 0 bridgehead atoms. The monoisotopic (exact) mass is 297 g/mol. The van der Waals surface area contributed by atoms with Crippen molar-refractivity contribution in [1.82, 2.24) is 4.90 Å². The SMILES string of the molecule is Cc1ccsc1C(=O)OCC(=O)N1C[C@@H](C)O[C@@H](C)C1. The summed E-state index contributed by atoms with van der Waals surface area (Å²) in [6.07, 6.45) is 0.0240. The lowest BCUT2D eigenvalue weighted by Crippen LogP contribution is -2.49. The molecule has 0 spiro atoms. The molecule has 2 rings (SSSR count). The molecule has 1 fully saturated rings. The van der Waals surface area contributed by atoms with Gasteiger partial charge in [0.05, 0.1) is 12.2 Å². The Bertz CT molecular complexity index is 489. The van der Waals surface area contributed by atoms with Gasteiger partial charge < -0.3 is 14.4 Å². The molecule has 0 unspecified atom stereocenters. The van der Waals surface area contributed by atoms with Crippen molar-refractivity contribution in [2.45, 2.75) is 33.0 Å². The van der Waals surface area contributed by atoms with Crippen LogP contribution in [0, 0.1) is 6.92 Å². The van der Waals surface area contributed by atoms with Gasteiger partial charge in [0.2, 0.25) is 0 Å². The molecule has 1 aromatic rings. The molecule has 1 aliphatic heterocycles. The molecular formula is C14H19NO4S. The van der Waals surface area contributed by atoms with Crippen molar-refractivity contribution in [3.8, 4) is 0 Å². The fourth-order valence-corrected chi connectivity index (χ4v) is 3.06. The van der Waals surface area contributed by atoms with E-state index >= 15 is 0 Å². The zero-order chi connectivity index (χ0) is 14.7. The summed E-state index contributed by atoms with van der Waals surface area (Å²) < 4.78 is 10.7. The Kier molecular flexibility index (Phi) is 4.77. The highest BCUT2D eigenvalue weighted by atomic mass is 32.1. The summed E-state index contributed by atoms with van der Waals surface area (Å²) in [7, 11) is 0. The van der Waals surface area contributed by atoms with E-state index in [-0.39, 0.29) is 24.7 Å². The third-order valence-corrected chi connectivity index (χ3v) is 4.14. The van der Waals surface area contributed by atoms with E-state index < -0.39 is 5.97 Å². The molecule has 1 aromatic heterocycles. The summed E-state index contributed by atoms with van der Waals surface area (Å²) in [5.74, 6) is -0.602. The number of amides is 1. The summed E-state index contributed by atoms with van der Waals surface area (Å²) in [4.78, 5) is 26.1. The van der Waals surface area contributed by atoms with E-state index in [9.17, 15) is 9.59 Å². The molecule has 2 heterocycles. The van der Waals surface area contributed by atoms with Crippen LogP contribution in [-0.4, -0.2) is 48.7 Å². The van der Waals surface area contributed by atoms with Gasteiger partial charge in [-0.1, -0.05) is 0 Å². The molecule has 110 valence electrons. The third kappa shape index (κ3) is 3.58. The first kappa shape index (κ1) is 15.0. The van der Waals surface area contributed by atoms with Gasteiger partial charge in [-0.05, 0) is 37.8 Å². The number of morpholine rings is 1. The van der Waals surface area contributed by atoms with Crippen LogP contribution in [0.15, 0.2) is 11.4 Å². The number of aryl methyl sites for hydroxylation is 1. The molecule has 0 N–H and O–H groups in total. The third-order valence-electron chi connectivity index (χ3n) is 3.15. The fraction of sp³-hybridized carbons (Fsp3) is 0.571. The molecule has 1 amide bonds. The topological polar surface area (TPSA) is 55.8 Å². The number of ether oxygens (including phenoxy) is 2. The van der Waals surface area contributed by atoms with E-state index in [1.807, 2.05) is 32.2 Å². The van der Waals surface area contributed by atoms with Crippen molar-refractivity contribution < 1.29 is 19.1 Å². The summed E-state index contributed by atoms with van der Waals surface area (Å²) in [5.41, 5.74) is 0.876. The van der Waals surface area contributed by atoms with Crippen molar-refractivity contribution in [2.24, 2.45) is 0 Å². The lowest BCUT2D eigenvalue weighted by Gasteiger charge is -2.35. The summed E-state index contributed by atoms with van der Waals surface area (Å²) in [5, 5.41) is 1.83. The first-order chi connectivity index (χ1) is 9.47. The first-order valence-electron chi connectivity index (χ1n) is 6.62. The van der Waals surface area contributed by atoms with Gasteiger partial charge in [-0.15, -0.1) is 11.3 Å². The molecule has 0 aliphatic carbocycles. The number of nitrogens with zero attached hydrogens (tertiary/aromatic N) is 1. The predicted molar refractivity (Wildman–Crippen MR) is 75.9 cm³/mol. The van der Waals surface area contributed by atoms with Crippen LogP contribution in [0.4, 0.5) is 0 Å². The van der Waals surface area contributed by atoms with Crippen molar-refractivity contribution in [1.29, 1.82) is 0 Å². The number of rotatable bonds is 3. The standard InChI is InChI=1S/C14H19NO4S/c1-9-4-5-20-13(9)14(17)18-8-12(16)15-6-10(2)19-11(3)7-15/h4-5,10-11H,6-8H2,1-3H3/t10-,11+. The van der Waals surface area contributed by atoms with Crippen molar-refractivity contribution in [3.05, 3.63) is 21.9 Å². The largest absolute Gasteiger partial charge is 0.451 e. The van der Waals surface area contributed by atoms with E-state index in [4.69, 9.17) is 9.47 Å². The average molecular weight is 297 g/mol. The Labute approximate surface area is 122 Å². The van der Waals surface area contributed by atoms with E-state index in [0.717, 1.165) is 5.56 Å². The van der Waals surface area contributed by atoms with Crippen molar-refractivity contribution in [3.63, 3.8) is 0 Å². The van der Waals surface area contributed by atoms with Gasteiger partial charge in [-0.2, -0.15) is 0 Å². The highest BCUT2D eigenvalue weighted by molar-refractivity contribution is 7.12. The van der Waals surface area contributed by atoms with Crippen LogP contribution in [0.3, 0.4) is 0 Å². The number of hydrogen-bond acceptors (Lipinski definition) is 5. The fourth-order valence-electron chi connectivity index (χ4n) is 2.25. The molecule has 0 saturated carbocycles. The van der Waals surface area contributed by atoms with E-state index in [2.05, 4.69) is 0 Å². The summed E-state index contributed by atoms with van der Waals surface area (Å²) >= 11 is 1.33. The second kappa shape index (κ2) is 6.37. The molecule has 0 aromatic carbocycles. The quantitative estimate of drug-likeness (QED) is 0.799. The van der Waals surface area contributed by atoms with Gasteiger partial charge in [-0.3, -0.25) is 4.79 Å². The maximum absolute atomic E-state index is 12.0. The lowest BCUT2D eigenvalue weighted by molar-refractivity contribution is -0.146. The minimum atomic E-state index is -0.430. The van der Waals surface area contributed by atoms with Gasteiger partial charge in [0.1, 0.15) is 4.88 Å². The molecule has 6 heteroatoms. The maximum atomic E-state index is 12.0.